The van der Waals surface area contributed by atoms with Crippen LogP contribution in [0, 0.1) is 0 Å². The van der Waals surface area contributed by atoms with E-state index >= 15 is 0 Å². The van der Waals surface area contributed by atoms with Crippen molar-refractivity contribution in [3.8, 4) is 11.4 Å². The van der Waals surface area contributed by atoms with Gasteiger partial charge >= 0.3 is 0 Å². The van der Waals surface area contributed by atoms with Crippen molar-refractivity contribution in [3.05, 3.63) is 66.0 Å². The zero-order valence-electron chi connectivity index (χ0n) is 15.3. The van der Waals surface area contributed by atoms with Crippen LogP contribution in [0.2, 0.25) is 0 Å². The van der Waals surface area contributed by atoms with Crippen LogP contribution >= 0.6 is 0 Å². The van der Waals surface area contributed by atoms with E-state index in [0.29, 0.717) is 19.4 Å². The molecule has 7 nitrogen and oxygen atoms in total. The van der Waals surface area contributed by atoms with Crippen LogP contribution in [0.1, 0.15) is 24.2 Å². The number of tetrazole rings is 1. The Kier molecular flexibility index (Phi) is 4.87. The van der Waals surface area contributed by atoms with Gasteiger partial charge in [0.15, 0.2) is 5.82 Å². The lowest BCUT2D eigenvalue weighted by Gasteiger charge is -2.38. The van der Waals surface area contributed by atoms with Crippen LogP contribution in [-0.2, 0) is 12.1 Å². The number of likely N-dealkylation sites (tertiary alicyclic amines) is 1. The molecule has 2 aromatic carbocycles. The molecule has 0 spiro atoms. The van der Waals surface area contributed by atoms with Gasteiger partial charge < -0.3 is 9.84 Å². The molecule has 7 heteroatoms. The molecule has 0 radical (unpaired) electrons. The van der Waals surface area contributed by atoms with Crippen LogP contribution < -0.4 is 4.74 Å². The summed E-state index contributed by atoms with van der Waals surface area (Å²) in [4.78, 5) is 2.28. The zero-order chi connectivity index (χ0) is 18.7. The maximum atomic E-state index is 11.1. The highest BCUT2D eigenvalue weighted by Gasteiger charge is 2.34. The number of aromatic nitrogens is 4. The van der Waals surface area contributed by atoms with Crippen LogP contribution in [0.4, 0.5) is 0 Å². The molecule has 0 aliphatic carbocycles. The Bertz CT molecular complexity index is 871. The van der Waals surface area contributed by atoms with Gasteiger partial charge in [-0.3, -0.25) is 4.90 Å². The molecule has 1 N–H and O–H groups in total. The van der Waals surface area contributed by atoms with Gasteiger partial charge in [0.2, 0.25) is 0 Å². The second-order valence-corrected chi connectivity index (χ2v) is 6.88. The number of aliphatic hydroxyl groups is 1. The Balaban J connectivity index is 1.42. The summed E-state index contributed by atoms with van der Waals surface area (Å²) in [6.07, 6.45) is 1.35. The summed E-state index contributed by atoms with van der Waals surface area (Å²) in [6, 6.07) is 17.6. The van der Waals surface area contributed by atoms with Crippen molar-refractivity contribution >= 4 is 0 Å². The number of piperidine rings is 1. The molecule has 0 atom stereocenters. The number of para-hydroxylation sites is 1. The molecule has 1 aliphatic heterocycles. The number of ether oxygens (including phenoxy) is 1. The monoisotopic (exact) mass is 365 g/mol. The third-order valence-electron chi connectivity index (χ3n) is 5.21. The van der Waals surface area contributed by atoms with E-state index in [-0.39, 0.29) is 0 Å². The first-order chi connectivity index (χ1) is 13.2. The van der Waals surface area contributed by atoms with Gasteiger partial charge in [0, 0.05) is 13.1 Å². The van der Waals surface area contributed by atoms with Gasteiger partial charge in [0.05, 0.1) is 24.9 Å². The molecule has 0 bridgehead atoms. The Morgan fingerprint density at radius 1 is 1.04 bits per heavy atom. The highest BCUT2D eigenvalue weighted by atomic mass is 16.5. The first kappa shape index (κ1) is 17.6. The molecule has 0 amide bonds. The normalized spacial score (nSPS) is 17.0. The summed E-state index contributed by atoms with van der Waals surface area (Å²) in [5.41, 5.74) is 1.09. The lowest BCUT2D eigenvalue weighted by Crippen LogP contribution is -2.42. The van der Waals surface area contributed by atoms with Gasteiger partial charge in [-0.15, -0.1) is 5.10 Å². The average molecular weight is 365 g/mol. The van der Waals surface area contributed by atoms with Gasteiger partial charge in [0.25, 0.3) is 0 Å². The lowest BCUT2D eigenvalue weighted by molar-refractivity contribution is -0.0283. The van der Waals surface area contributed by atoms with Crippen LogP contribution in [0.5, 0.6) is 5.75 Å². The van der Waals surface area contributed by atoms with Crippen LogP contribution in [0.25, 0.3) is 5.69 Å². The zero-order valence-corrected chi connectivity index (χ0v) is 15.3. The van der Waals surface area contributed by atoms with Crippen molar-refractivity contribution < 1.29 is 9.84 Å². The van der Waals surface area contributed by atoms with Crippen molar-refractivity contribution in [2.45, 2.75) is 25.0 Å². The number of methoxy groups -OCH3 is 1. The molecule has 2 heterocycles. The Morgan fingerprint density at radius 2 is 1.74 bits per heavy atom. The van der Waals surface area contributed by atoms with Crippen molar-refractivity contribution in [2.75, 3.05) is 20.2 Å². The first-order valence-corrected chi connectivity index (χ1v) is 9.10. The summed E-state index contributed by atoms with van der Waals surface area (Å²) in [5.74, 6) is 1.60. The van der Waals surface area contributed by atoms with E-state index in [0.717, 1.165) is 35.9 Å². The molecule has 1 aromatic heterocycles. The molecule has 3 aromatic rings. The van der Waals surface area contributed by atoms with Crippen molar-refractivity contribution in [3.63, 3.8) is 0 Å². The SMILES string of the molecule is COc1ccc(C2(O)CCN(Cc3nnnn3-c3ccccc3)CC2)cc1. The molecular formula is C20H23N5O2. The minimum Gasteiger partial charge on any atom is -0.497 e. The molecule has 0 unspecified atom stereocenters. The number of rotatable bonds is 5. The molecule has 1 saturated heterocycles. The number of hydrogen-bond acceptors (Lipinski definition) is 6. The molecule has 4 rings (SSSR count). The second kappa shape index (κ2) is 7.46. The molecule has 140 valence electrons. The highest BCUT2D eigenvalue weighted by molar-refractivity contribution is 5.32. The van der Waals surface area contributed by atoms with E-state index in [2.05, 4.69) is 20.4 Å². The predicted octanol–water partition coefficient (Wildman–Crippen LogP) is 2.15. The van der Waals surface area contributed by atoms with Crippen LogP contribution in [0.3, 0.4) is 0 Å². The van der Waals surface area contributed by atoms with E-state index in [1.807, 2.05) is 54.6 Å². The largest absolute Gasteiger partial charge is 0.497 e. The fourth-order valence-electron chi connectivity index (χ4n) is 3.55. The van der Waals surface area contributed by atoms with Crippen molar-refractivity contribution in [1.82, 2.24) is 25.1 Å². The Labute approximate surface area is 158 Å². The summed E-state index contributed by atoms with van der Waals surface area (Å²) >= 11 is 0. The molecule has 1 fully saturated rings. The minimum atomic E-state index is -0.797. The van der Waals surface area contributed by atoms with E-state index in [1.54, 1.807) is 11.8 Å². The Morgan fingerprint density at radius 3 is 2.41 bits per heavy atom. The van der Waals surface area contributed by atoms with Crippen LogP contribution in [-0.4, -0.2) is 50.4 Å². The summed E-state index contributed by atoms with van der Waals surface area (Å²) in [7, 11) is 1.64. The maximum Gasteiger partial charge on any atom is 0.170 e. The minimum absolute atomic E-state index is 0.653. The second-order valence-electron chi connectivity index (χ2n) is 6.88. The molecule has 1 aliphatic rings. The fraction of sp³-hybridized carbons (Fsp3) is 0.350. The van der Waals surface area contributed by atoms with Gasteiger partial charge in [-0.05, 0) is 53.1 Å². The summed E-state index contributed by atoms with van der Waals surface area (Å²) in [6.45, 7) is 2.22. The molecule has 0 saturated carbocycles. The Hall–Kier alpha value is -2.77. The molecule has 27 heavy (non-hydrogen) atoms. The first-order valence-electron chi connectivity index (χ1n) is 9.10. The predicted molar refractivity (Wildman–Crippen MR) is 101 cm³/mol. The molecular weight excluding hydrogens is 342 g/mol. The van der Waals surface area contributed by atoms with Gasteiger partial charge in [-0.1, -0.05) is 30.3 Å². The lowest BCUT2D eigenvalue weighted by atomic mass is 9.84. The van der Waals surface area contributed by atoms with Crippen molar-refractivity contribution in [1.29, 1.82) is 0 Å². The third-order valence-corrected chi connectivity index (χ3v) is 5.21. The van der Waals surface area contributed by atoms with Gasteiger partial charge in [-0.2, -0.15) is 4.68 Å². The number of hydrogen-bond donors (Lipinski definition) is 1. The standard InChI is InChI=1S/C20H23N5O2/c1-27-18-9-7-16(8-10-18)20(26)11-13-24(14-12-20)15-19-21-22-23-25(19)17-5-3-2-4-6-17/h2-10,26H,11-15H2,1H3. The van der Waals surface area contributed by atoms with Crippen molar-refractivity contribution in [2.24, 2.45) is 0 Å². The summed E-state index contributed by atoms with van der Waals surface area (Å²) < 4.78 is 6.97. The van der Waals surface area contributed by atoms with Crippen LogP contribution in [0.15, 0.2) is 54.6 Å². The quantitative estimate of drug-likeness (QED) is 0.747. The van der Waals surface area contributed by atoms with E-state index in [9.17, 15) is 5.11 Å². The number of benzene rings is 2. The van der Waals surface area contributed by atoms with Gasteiger partial charge in [-0.25, -0.2) is 0 Å². The van der Waals surface area contributed by atoms with E-state index < -0.39 is 5.60 Å². The third kappa shape index (κ3) is 3.70. The van der Waals surface area contributed by atoms with E-state index in [1.165, 1.54) is 0 Å². The fourth-order valence-corrected chi connectivity index (χ4v) is 3.55. The van der Waals surface area contributed by atoms with Gasteiger partial charge in [0.1, 0.15) is 5.75 Å². The number of nitrogens with zero attached hydrogens (tertiary/aromatic N) is 5. The topological polar surface area (TPSA) is 76.3 Å². The smallest absolute Gasteiger partial charge is 0.170 e. The summed E-state index contributed by atoms with van der Waals surface area (Å²) in [5, 5.41) is 23.2. The average Bonchev–Trinajstić information content (AvgIpc) is 3.19. The maximum absolute atomic E-state index is 11.1. The van der Waals surface area contributed by atoms with E-state index in [4.69, 9.17) is 4.74 Å². The highest BCUT2D eigenvalue weighted by Crippen LogP contribution is 2.34.